The Balaban J connectivity index is 2.34. The van der Waals surface area contributed by atoms with E-state index >= 15 is 0 Å². The zero-order chi connectivity index (χ0) is 9.99. The van der Waals surface area contributed by atoms with Gasteiger partial charge in [0.2, 0.25) is 5.88 Å². The Bertz CT molecular complexity index is 756. The SMILES string of the molecule is COc1c2nc2c2cc3ccccc3n12. The van der Waals surface area contributed by atoms with Crippen molar-refractivity contribution >= 4 is 27.5 Å². The minimum absolute atomic E-state index is 0.862. The summed E-state index contributed by atoms with van der Waals surface area (Å²) in [5, 5.41) is 1.23. The van der Waals surface area contributed by atoms with Crippen LogP contribution >= 0.6 is 0 Å². The van der Waals surface area contributed by atoms with E-state index in [0.717, 1.165) is 22.4 Å². The first-order valence-electron chi connectivity index (χ1n) is 4.89. The number of hydrogen-bond donors (Lipinski definition) is 0. The van der Waals surface area contributed by atoms with E-state index in [4.69, 9.17) is 4.74 Å². The third-order valence-electron chi connectivity index (χ3n) is 2.95. The van der Waals surface area contributed by atoms with Gasteiger partial charge in [0.1, 0.15) is 5.52 Å². The van der Waals surface area contributed by atoms with Crippen LogP contribution in [0.2, 0.25) is 0 Å². The summed E-state index contributed by atoms with van der Waals surface area (Å²) in [5.74, 6) is 0.862. The van der Waals surface area contributed by atoms with Crippen molar-refractivity contribution in [3.63, 3.8) is 0 Å². The van der Waals surface area contributed by atoms with Gasteiger partial charge >= 0.3 is 0 Å². The highest BCUT2D eigenvalue weighted by Gasteiger charge is 2.23. The van der Waals surface area contributed by atoms with E-state index in [1.807, 2.05) is 12.1 Å². The van der Waals surface area contributed by atoms with Gasteiger partial charge in [-0.25, -0.2) is 4.98 Å². The van der Waals surface area contributed by atoms with Gasteiger partial charge in [0.05, 0.1) is 18.1 Å². The zero-order valence-corrected chi connectivity index (χ0v) is 8.19. The molecule has 0 aliphatic rings. The van der Waals surface area contributed by atoms with E-state index in [1.54, 1.807) is 7.11 Å². The molecule has 3 aromatic heterocycles. The minimum atomic E-state index is 0.862. The van der Waals surface area contributed by atoms with E-state index in [1.165, 1.54) is 10.9 Å². The molecule has 3 heteroatoms. The zero-order valence-electron chi connectivity index (χ0n) is 8.19. The van der Waals surface area contributed by atoms with Gasteiger partial charge in [-0.2, -0.15) is 0 Å². The molecule has 3 nitrogen and oxygen atoms in total. The van der Waals surface area contributed by atoms with Gasteiger partial charge in [0, 0.05) is 5.39 Å². The van der Waals surface area contributed by atoms with Crippen LogP contribution in [-0.2, 0) is 0 Å². The lowest BCUT2D eigenvalue weighted by atomic mass is 10.2. The standard InChI is InChI=1S/C12H8N2O/c1-15-12-11-10(13-11)9-6-7-4-2-3-5-8(7)14(9)12/h2-6H,1H3. The number of fused-ring (bicyclic) bond motifs is 5. The van der Waals surface area contributed by atoms with Gasteiger partial charge in [0.25, 0.3) is 0 Å². The molecule has 0 fully saturated rings. The summed E-state index contributed by atoms with van der Waals surface area (Å²) in [5.41, 5.74) is 4.44. The molecule has 0 unspecified atom stereocenters. The lowest BCUT2D eigenvalue weighted by Gasteiger charge is -1.99. The van der Waals surface area contributed by atoms with Gasteiger partial charge in [-0.15, -0.1) is 0 Å². The molecule has 72 valence electrons. The molecular weight excluding hydrogens is 188 g/mol. The Morgan fingerprint density at radius 1 is 1.13 bits per heavy atom. The number of nitrogens with zero attached hydrogens (tertiary/aromatic N) is 2. The molecule has 1 aromatic carbocycles. The van der Waals surface area contributed by atoms with Crippen LogP contribution in [0.1, 0.15) is 0 Å². The number of methoxy groups -OCH3 is 1. The maximum Gasteiger partial charge on any atom is 0.227 e. The lowest BCUT2D eigenvalue weighted by Crippen LogP contribution is -1.88. The molecule has 0 bridgehead atoms. The van der Waals surface area contributed by atoms with Crippen molar-refractivity contribution in [3.05, 3.63) is 30.3 Å². The Morgan fingerprint density at radius 3 is 2.87 bits per heavy atom. The van der Waals surface area contributed by atoms with E-state index in [2.05, 4.69) is 27.6 Å². The van der Waals surface area contributed by atoms with Crippen LogP contribution in [-0.4, -0.2) is 16.5 Å². The van der Waals surface area contributed by atoms with Crippen LogP contribution in [0.4, 0.5) is 0 Å². The van der Waals surface area contributed by atoms with Gasteiger partial charge < -0.3 is 4.74 Å². The molecule has 0 spiro atoms. The maximum atomic E-state index is 5.39. The third-order valence-corrected chi connectivity index (χ3v) is 2.95. The molecule has 0 atom stereocenters. The molecule has 0 aliphatic heterocycles. The van der Waals surface area contributed by atoms with Crippen molar-refractivity contribution in [1.82, 2.24) is 9.38 Å². The van der Waals surface area contributed by atoms with Crippen molar-refractivity contribution < 1.29 is 4.74 Å². The van der Waals surface area contributed by atoms with Crippen molar-refractivity contribution in [2.75, 3.05) is 7.11 Å². The van der Waals surface area contributed by atoms with Crippen LogP contribution in [0, 0.1) is 0 Å². The largest absolute Gasteiger partial charge is 0.480 e. The van der Waals surface area contributed by atoms with Crippen LogP contribution in [0.3, 0.4) is 0 Å². The fraction of sp³-hybridized carbons (Fsp3) is 0.0833. The van der Waals surface area contributed by atoms with Crippen LogP contribution in [0.5, 0.6) is 5.88 Å². The van der Waals surface area contributed by atoms with Crippen molar-refractivity contribution in [1.29, 1.82) is 0 Å². The molecule has 0 N–H and O–H groups in total. The molecule has 0 amide bonds. The van der Waals surface area contributed by atoms with Crippen molar-refractivity contribution in [3.8, 4) is 5.88 Å². The predicted octanol–water partition coefficient (Wildman–Crippen LogP) is 2.52. The maximum absolute atomic E-state index is 5.39. The van der Waals surface area contributed by atoms with Gasteiger partial charge in [-0.1, -0.05) is 18.2 Å². The first kappa shape index (κ1) is 7.29. The monoisotopic (exact) mass is 196 g/mol. The first-order valence-corrected chi connectivity index (χ1v) is 4.89. The first-order chi connectivity index (χ1) is 7.40. The average molecular weight is 196 g/mol. The summed E-state index contributed by atoms with van der Waals surface area (Å²) in [6.45, 7) is 0. The lowest BCUT2D eigenvalue weighted by molar-refractivity contribution is 0.401. The van der Waals surface area contributed by atoms with E-state index in [-0.39, 0.29) is 0 Å². The van der Waals surface area contributed by atoms with E-state index < -0.39 is 0 Å². The molecular formula is C12H8N2O. The van der Waals surface area contributed by atoms with Crippen LogP contribution < -0.4 is 4.74 Å². The van der Waals surface area contributed by atoms with Crippen LogP contribution in [0.15, 0.2) is 30.3 Å². The normalized spacial score (nSPS) is 12.3. The Hall–Kier alpha value is -2.03. The highest BCUT2D eigenvalue weighted by atomic mass is 16.5. The molecule has 3 heterocycles. The number of hydrogen-bond acceptors (Lipinski definition) is 2. The fourth-order valence-corrected chi connectivity index (χ4v) is 2.25. The number of benzene rings is 1. The average Bonchev–Trinajstić information content (AvgIpc) is 2.85. The molecule has 0 radical (unpaired) electrons. The minimum Gasteiger partial charge on any atom is -0.480 e. The molecule has 15 heavy (non-hydrogen) atoms. The number of rotatable bonds is 1. The molecule has 0 saturated carbocycles. The Kier molecular flexibility index (Phi) is 1.04. The highest BCUT2D eigenvalue weighted by molar-refractivity contribution is 6.10. The second-order valence-corrected chi connectivity index (χ2v) is 3.74. The molecule has 4 rings (SSSR count). The summed E-state index contributed by atoms with van der Waals surface area (Å²) in [7, 11) is 1.69. The summed E-state index contributed by atoms with van der Waals surface area (Å²) < 4.78 is 7.52. The summed E-state index contributed by atoms with van der Waals surface area (Å²) in [6.07, 6.45) is 0. The smallest absolute Gasteiger partial charge is 0.227 e. The topological polar surface area (TPSA) is 26.5 Å². The second kappa shape index (κ2) is 2.14. The number of ether oxygens (including phenoxy) is 1. The third kappa shape index (κ3) is 0.709. The second-order valence-electron chi connectivity index (χ2n) is 3.74. The van der Waals surface area contributed by atoms with Gasteiger partial charge in [0.15, 0.2) is 5.52 Å². The Labute approximate surface area is 85.6 Å². The summed E-state index contributed by atoms with van der Waals surface area (Å²) in [4.78, 5) is 4.30. The van der Waals surface area contributed by atoms with Gasteiger partial charge in [-0.05, 0) is 12.1 Å². The number of aromatic nitrogens is 2. The summed E-state index contributed by atoms with van der Waals surface area (Å²) in [6, 6.07) is 10.5. The molecule has 0 saturated heterocycles. The van der Waals surface area contributed by atoms with E-state index in [9.17, 15) is 0 Å². The van der Waals surface area contributed by atoms with Gasteiger partial charge in [-0.3, -0.25) is 4.40 Å². The molecule has 4 aromatic rings. The van der Waals surface area contributed by atoms with Crippen molar-refractivity contribution in [2.24, 2.45) is 0 Å². The molecule has 0 aliphatic carbocycles. The fourth-order valence-electron chi connectivity index (χ4n) is 2.25. The highest BCUT2D eigenvalue weighted by Crippen LogP contribution is 2.39. The predicted molar refractivity (Wildman–Crippen MR) is 59.1 cm³/mol. The summed E-state index contributed by atoms with van der Waals surface area (Å²) >= 11 is 0. The van der Waals surface area contributed by atoms with Crippen LogP contribution in [0.25, 0.3) is 27.5 Å². The van der Waals surface area contributed by atoms with E-state index in [0.29, 0.717) is 0 Å². The van der Waals surface area contributed by atoms with Crippen molar-refractivity contribution in [2.45, 2.75) is 0 Å². The quantitative estimate of drug-likeness (QED) is 0.467. The Morgan fingerprint density at radius 2 is 2.00 bits per heavy atom. The number of para-hydroxylation sites is 1.